The van der Waals surface area contributed by atoms with Crippen LogP contribution in [-0.2, 0) is 6.54 Å². The summed E-state index contributed by atoms with van der Waals surface area (Å²) in [5.41, 5.74) is 9.09. The summed E-state index contributed by atoms with van der Waals surface area (Å²) in [7, 11) is 1.63. The zero-order valence-corrected chi connectivity index (χ0v) is 15.5. The molecule has 0 unspecified atom stereocenters. The molecule has 0 saturated heterocycles. The number of hydrogen-bond donors (Lipinski definition) is 2. The third kappa shape index (κ3) is 4.69. The van der Waals surface area contributed by atoms with Crippen LogP contribution in [0.15, 0.2) is 47.5 Å². The molecule has 2 aromatic carbocycles. The van der Waals surface area contributed by atoms with E-state index in [4.69, 9.17) is 15.2 Å². The van der Waals surface area contributed by atoms with Crippen LogP contribution in [0.2, 0.25) is 0 Å². The number of aliphatic imine (C=N–C) groups is 1. The maximum Gasteiger partial charge on any atom is 0.193 e. The molecule has 0 bridgehead atoms. The summed E-state index contributed by atoms with van der Waals surface area (Å²) in [6.07, 6.45) is 5.09. The van der Waals surface area contributed by atoms with Crippen molar-refractivity contribution in [1.82, 2.24) is 0 Å². The summed E-state index contributed by atoms with van der Waals surface area (Å²) in [4.78, 5) is 4.48. The minimum Gasteiger partial charge on any atom is -0.495 e. The molecule has 3 rings (SSSR count). The smallest absolute Gasteiger partial charge is 0.193 e. The molecule has 0 atom stereocenters. The van der Waals surface area contributed by atoms with E-state index in [0.29, 0.717) is 18.6 Å². The number of aryl methyl sites for hydroxylation is 1. The summed E-state index contributed by atoms with van der Waals surface area (Å²) < 4.78 is 11.5. The van der Waals surface area contributed by atoms with Gasteiger partial charge in [-0.25, -0.2) is 4.99 Å². The van der Waals surface area contributed by atoms with Crippen LogP contribution >= 0.6 is 0 Å². The Labute approximate surface area is 155 Å². The van der Waals surface area contributed by atoms with Gasteiger partial charge in [0.15, 0.2) is 5.96 Å². The molecule has 0 aromatic heterocycles. The fourth-order valence-electron chi connectivity index (χ4n) is 3.18. The van der Waals surface area contributed by atoms with E-state index in [1.54, 1.807) is 7.11 Å². The lowest BCUT2D eigenvalue weighted by molar-refractivity contribution is 0.208. The summed E-state index contributed by atoms with van der Waals surface area (Å²) in [6, 6.07) is 13.9. The zero-order chi connectivity index (χ0) is 18.4. The number of nitrogens with one attached hydrogen (secondary N) is 1. The van der Waals surface area contributed by atoms with Crippen LogP contribution in [0.3, 0.4) is 0 Å². The van der Waals surface area contributed by atoms with E-state index in [2.05, 4.69) is 35.4 Å². The van der Waals surface area contributed by atoms with Gasteiger partial charge in [0.2, 0.25) is 0 Å². The first-order chi connectivity index (χ1) is 12.7. The van der Waals surface area contributed by atoms with Crippen molar-refractivity contribution in [3.05, 3.63) is 53.6 Å². The van der Waals surface area contributed by atoms with E-state index in [0.717, 1.165) is 35.6 Å². The van der Waals surface area contributed by atoms with Gasteiger partial charge >= 0.3 is 0 Å². The highest BCUT2D eigenvalue weighted by Gasteiger charge is 2.18. The summed E-state index contributed by atoms with van der Waals surface area (Å²) in [5, 5.41) is 3.10. The Morgan fingerprint density at radius 1 is 1.15 bits per heavy atom. The number of anilines is 1. The topological polar surface area (TPSA) is 68.9 Å². The number of benzene rings is 2. The number of methoxy groups -OCH3 is 1. The van der Waals surface area contributed by atoms with Gasteiger partial charge in [-0.2, -0.15) is 0 Å². The molecule has 5 nitrogen and oxygen atoms in total. The Bertz CT molecular complexity index is 768. The first kappa shape index (κ1) is 18.1. The molecule has 0 spiro atoms. The average molecular weight is 353 g/mol. The SMILES string of the molecule is COc1ccccc1NC(N)=NCc1ccc(C)cc1OC1CCCC1. The van der Waals surface area contributed by atoms with Crippen LogP contribution in [0.4, 0.5) is 5.69 Å². The van der Waals surface area contributed by atoms with E-state index in [9.17, 15) is 0 Å². The molecule has 1 fully saturated rings. The molecule has 0 amide bonds. The van der Waals surface area contributed by atoms with Gasteiger partial charge < -0.3 is 20.5 Å². The molecule has 5 heteroatoms. The van der Waals surface area contributed by atoms with Crippen molar-refractivity contribution in [2.24, 2.45) is 10.7 Å². The van der Waals surface area contributed by atoms with Gasteiger partial charge in [0.1, 0.15) is 11.5 Å². The van der Waals surface area contributed by atoms with E-state index in [1.165, 1.54) is 18.4 Å². The van der Waals surface area contributed by atoms with Crippen LogP contribution in [-0.4, -0.2) is 19.2 Å². The molecule has 0 aliphatic heterocycles. The van der Waals surface area contributed by atoms with Crippen LogP contribution in [0.25, 0.3) is 0 Å². The van der Waals surface area contributed by atoms with E-state index >= 15 is 0 Å². The molecule has 2 aromatic rings. The van der Waals surface area contributed by atoms with Crippen LogP contribution in [0.1, 0.15) is 36.8 Å². The normalized spacial score (nSPS) is 15.1. The van der Waals surface area contributed by atoms with Crippen molar-refractivity contribution < 1.29 is 9.47 Å². The lowest BCUT2D eigenvalue weighted by Crippen LogP contribution is -2.23. The summed E-state index contributed by atoms with van der Waals surface area (Å²) in [6.45, 7) is 2.54. The maximum absolute atomic E-state index is 6.22. The standard InChI is InChI=1S/C21H27N3O2/c1-15-11-12-16(20(13-15)26-17-7-3-4-8-17)14-23-21(22)24-18-9-5-6-10-19(18)25-2/h5-6,9-13,17H,3-4,7-8,14H2,1-2H3,(H3,22,23,24). The van der Waals surface area contributed by atoms with Crippen LogP contribution in [0, 0.1) is 6.92 Å². The molecule has 1 aliphatic carbocycles. The van der Waals surface area contributed by atoms with Gasteiger partial charge in [-0.05, 0) is 56.4 Å². The Morgan fingerprint density at radius 3 is 2.69 bits per heavy atom. The summed E-state index contributed by atoms with van der Waals surface area (Å²) >= 11 is 0. The molecule has 1 saturated carbocycles. The van der Waals surface area contributed by atoms with Gasteiger partial charge in [0, 0.05) is 5.56 Å². The lowest BCUT2D eigenvalue weighted by atomic mass is 10.1. The van der Waals surface area contributed by atoms with Crippen molar-refractivity contribution in [2.45, 2.75) is 45.3 Å². The number of para-hydroxylation sites is 2. The predicted octanol–water partition coefficient (Wildman–Crippen LogP) is 4.25. The van der Waals surface area contributed by atoms with Gasteiger partial charge in [-0.3, -0.25) is 0 Å². The molecular weight excluding hydrogens is 326 g/mol. The van der Waals surface area contributed by atoms with Gasteiger partial charge in [0.25, 0.3) is 0 Å². The number of nitrogens with two attached hydrogens (primary N) is 1. The van der Waals surface area contributed by atoms with E-state index in [-0.39, 0.29) is 0 Å². The Kier molecular flexibility index (Phi) is 6.00. The number of ether oxygens (including phenoxy) is 2. The largest absolute Gasteiger partial charge is 0.495 e. The lowest BCUT2D eigenvalue weighted by Gasteiger charge is -2.17. The molecular formula is C21H27N3O2. The zero-order valence-electron chi connectivity index (χ0n) is 15.5. The fourth-order valence-corrected chi connectivity index (χ4v) is 3.18. The minimum absolute atomic E-state index is 0.323. The second kappa shape index (κ2) is 8.61. The Balaban J connectivity index is 1.70. The Hall–Kier alpha value is -2.69. The fraction of sp³-hybridized carbons (Fsp3) is 0.381. The predicted molar refractivity (Wildman–Crippen MR) is 106 cm³/mol. The number of guanidine groups is 1. The average Bonchev–Trinajstić information content (AvgIpc) is 3.14. The highest BCUT2D eigenvalue weighted by Crippen LogP contribution is 2.28. The third-order valence-corrected chi connectivity index (χ3v) is 4.61. The van der Waals surface area contributed by atoms with Gasteiger partial charge in [0.05, 0.1) is 25.4 Å². The van der Waals surface area contributed by atoms with Crippen molar-refractivity contribution >= 4 is 11.6 Å². The van der Waals surface area contributed by atoms with E-state index in [1.807, 2.05) is 24.3 Å². The third-order valence-electron chi connectivity index (χ3n) is 4.61. The van der Waals surface area contributed by atoms with Crippen molar-refractivity contribution in [2.75, 3.05) is 12.4 Å². The van der Waals surface area contributed by atoms with Crippen molar-refractivity contribution in [3.63, 3.8) is 0 Å². The van der Waals surface area contributed by atoms with E-state index < -0.39 is 0 Å². The van der Waals surface area contributed by atoms with Gasteiger partial charge in [-0.15, -0.1) is 0 Å². The molecule has 0 radical (unpaired) electrons. The highest BCUT2D eigenvalue weighted by atomic mass is 16.5. The molecule has 1 aliphatic rings. The first-order valence-corrected chi connectivity index (χ1v) is 9.12. The van der Waals surface area contributed by atoms with Crippen molar-refractivity contribution in [3.8, 4) is 11.5 Å². The van der Waals surface area contributed by atoms with Crippen LogP contribution in [0.5, 0.6) is 11.5 Å². The van der Waals surface area contributed by atoms with Crippen LogP contribution < -0.4 is 20.5 Å². The molecule has 0 heterocycles. The number of nitrogens with zero attached hydrogens (tertiary/aromatic N) is 1. The van der Waals surface area contributed by atoms with Gasteiger partial charge in [-0.1, -0.05) is 24.3 Å². The Morgan fingerprint density at radius 2 is 1.92 bits per heavy atom. The van der Waals surface area contributed by atoms with Crippen molar-refractivity contribution in [1.29, 1.82) is 0 Å². The summed E-state index contributed by atoms with van der Waals surface area (Å²) in [5.74, 6) is 2.00. The number of rotatable bonds is 6. The highest BCUT2D eigenvalue weighted by molar-refractivity contribution is 5.93. The molecule has 3 N–H and O–H groups in total. The quantitative estimate of drug-likeness (QED) is 0.602. The monoisotopic (exact) mass is 353 g/mol. The maximum atomic E-state index is 6.22. The first-order valence-electron chi connectivity index (χ1n) is 9.12. The second-order valence-electron chi connectivity index (χ2n) is 6.66. The molecule has 26 heavy (non-hydrogen) atoms. The number of hydrogen-bond acceptors (Lipinski definition) is 3. The second-order valence-corrected chi connectivity index (χ2v) is 6.66. The molecule has 138 valence electrons. The minimum atomic E-state index is 0.323.